The lowest BCUT2D eigenvalue weighted by Crippen LogP contribution is -2.70. The normalized spacial score (nSPS) is 28.9. The number of aromatic amines is 1. The number of methoxy groups -OCH3 is 2. The average Bonchev–Trinajstić information content (AvgIpc) is 3.82. The van der Waals surface area contributed by atoms with Gasteiger partial charge < -0.3 is 43.6 Å². The number of aromatic hydroxyl groups is 1. The van der Waals surface area contributed by atoms with Crippen molar-refractivity contribution in [2.75, 3.05) is 47.0 Å². The molecule has 0 radical (unpaired) electrons. The number of benzene rings is 3. The van der Waals surface area contributed by atoms with E-state index in [1.165, 1.54) is 18.7 Å². The van der Waals surface area contributed by atoms with Crippen LogP contribution in [0, 0.1) is 13.8 Å². The number of phenolic OH excluding ortho intramolecular Hbond substituents is 1. The van der Waals surface area contributed by atoms with Gasteiger partial charge in [0.2, 0.25) is 6.79 Å². The molecule has 2 fully saturated rings. The Morgan fingerprint density at radius 1 is 1.05 bits per heavy atom. The molecule has 1 spiro atoms. The lowest BCUT2D eigenvalue weighted by atomic mass is 9.73. The molecule has 0 aliphatic carbocycles. The molecule has 0 amide bonds. The van der Waals surface area contributed by atoms with Crippen LogP contribution in [0.1, 0.15) is 68.9 Å². The van der Waals surface area contributed by atoms with Gasteiger partial charge in [-0.05, 0) is 68.6 Å². The van der Waals surface area contributed by atoms with Crippen LogP contribution in [0.25, 0.3) is 10.9 Å². The molecule has 14 nitrogen and oxygen atoms in total. The summed E-state index contributed by atoms with van der Waals surface area (Å²) < 4.78 is 36.2. The van der Waals surface area contributed by atoms with Crippen LogP contribution in [0.5, 0.6) is 34.5 Å². The van der Waals surface area contributed by atoms with Crippen LogP contribution in [0.3, 0.4) is 0 Å². The fourth-order valence-corrected chi connectivity index (χ4v) is 12.2. The molecule has 56 heavy (non-hydrogen) atoms. The number of H-pyrrole nitrogens is 1. The van der Waals surface area contributed by atoms with Crippen molar-refractivity contribution in [1.82, 2.24) is 20.1 Å². The number of thioether (sulfide) groups is 1. The molecule has 8 heterocycles. The number of nitrogens with zero attached hydrogens (tertiary/aromatic N) is 2. The highest BCUT2D eigenvalue weighted by Gasteiger charge is 2.61. The zero-order valence-electron chi connectivity index (χ0n) is 32.0. The van der Waals surface area contributed by atoms with Crippen LogP contribution in [-0.4, -0.2) is 102 Å². The van der Waals surface area contributed by atoms with E-state index in [2.05, 4.69) is 15.2 Å². The Hall–Kier alpha value is -4.67. The summed E-state index contributed by atoms with van der Waals surface area (Å²) in [5.41, 5.74) is 5.79. The van der Waals surface area contributed by atoms with Gasteiger partial charge in [-0.1, -0.05) is 6.07 Å². The van der Waals surface area contributed by atoms with Crippen molar-refractivity contribution in [1.29, 1.82) is 0 Å². The molecule has 15 heteroatoms. The minimum atomic E-state index is -1.28. The number of hydrogen-bond donors (Lipinski definition) is 4. The number of rotatable bonds is 3. The number of esters is 2. The van der Waals surface area contributed by atoms with Gasteiger partial charge in [0.1, 0.15) is 24.3 Å². The summed E-state index contributed by atoms with van der Waals surface area (Å²) in [6.45, 7) is 5.46. The number of carbonyl (C=O) groups is 2. The lowest BCUT2D eigenvalue weighted by Gasteiger charge is -2.62. The Kier molecular flexibility index (Phi) is 8.08. The maximum Gasteiger partial charge on any atom is 0.333 e. The molecule has 1 aromatic heterocycles. The van der Waals surface area contributed by atoms with Crippen molar-refractivity contribution in [3.63, 3.8) is 0 Å². The number of phenols is 1. The molecule has 1 unspecified atom stereocenters. The quantitative estimate of drug-likeness (QED) is 0.173. The van der Waals surface area contributed by atoms with Gasteiger partial charge in [0.05, 0.1) is 43.3 Å². The molecule has 7 aliphatic rings. The average molecular weight is 785 g/mol. The van der Waals surface area contributed by atoms with Crippen molar-refractivity contribution in [2.24, 2.45) is 0 Å². The van der Waals surface area contributed by atoms with E-state index in [1.54, 1.807) is 14.2 Å². The zero-order chi connectivity index (χ0) is 38.9. The van der Waals surface area contributed by atoms with Crippen LogP contribution in [0.15, 0.2) is 24.3 Å². The van der Waals surface area contributed by atoms with Crippen molar-refractivity contribution < 1.29 is 48.2 Å². The number of piperazine rings is 1. The first-order valence-corrected chi connectivity index (χ1v) is 20.0. The van der Waals surface area contributed by atoms with E-state index in [4.69, 9.17) is 28.4 Å². The Morgan fingerprint density at radius 2 is 1.86 bits per heavy atom. The van der Waals surface area contributed by atoms with Gasteiger partial charge in [0, 0.05) is 58.4 Å². The highest BCUT2D eigenvalue weighted by molar-refractivity contribution is 7.99. The lowest BCUT2D eigenvalue weighted by molar-refractivity contribution is -0.186. The molecule has 4 bridgehead atoms. The number of aliphatic hydroxyl groups excluding tert-OH is 1. The predicted octanol–water partition coefficient (Wildman–Crippen LogP) is 4.19. The number of ether oxygens (including phenoxy) is 6. The molecule has 7 atom stereocenters. The fraction of sp³-hybridized carbons (Fsp3) is 0.463. The van der Waals surface area contributed by atoms with Crippen molar-refractivity contribution >= 4 is 34.6 Å². The second-order valence-electron chi connectivity index (χ2n) is 15.6. The van der Waals surface area contributed by atoms with Crippen LogP contribution >= 0.6 is 11.8 Å². The van der Waals surface area contributed by atoms with Crippen molar-refractivity contribution in [2.45, 2.75) is 74.8 Å². The fourth-order valence-electron chi connectivity index (χ4n) is 10.6. The maximum atomic E-state index is 14.9. The monoisotopic (exact) mass is 784 g/mol. The zero-order valence-corrected chi connectivity index (χ0v) is 32.8. The third-order valence-corrected chi connectivity index (χ3v) is 14.4. The molecule has 4 aromatic rings. The number of hydrogen-bond acceptors (Lipinski definition) is 14. The van der Waals surface area contributed by atoms with Crippen molar-refractivity contribution in [3.8, 4) is 34.5 Å². The maximum absolute atomic E-state index is 14.9. The van der Waals surface area contributed by atoms with Crippen LogP contribution < -0.4 is 29.0 Å². The smallest absolute Gasteiger partial charge is 0.333 e. The summed E-state index contributed by atoms with van der Waals surface area (Å²) in [6.07, 6.45) is 0.129. The van der Waals surface area contributed by atoms with E-state index in [0.717, 1.165) is 44.6 Å². The first-order chi connectivity index (χ1) is 27.0. The van der Waals surface area contributed by atoms with Gasteiger partial charge in [-0.15, -0.1) is 11.8 Å². The Balaban J connectivity index is 1.23. The number of aliphatic hydroxyl groups is 1. The summed E-state index contributed by atoms with van der Waals surface area (Å²) in [7, 11) is 5.17. The Labute approximate surface area is 327 Å². The third kappa shape index (κ3) is 4.71. The Bertz CT molecular complexity index is 2360. The molecule has 3 aromatic carbocycles. The van der Waals surface area contributed by atoms with E-state index in [-0.39, 0.29) is 30.9 Å². The summed E-state index contributed by atoms with van der Waals surface area (Å²) in [5, 5.41) is 28.7. The first kappa shape index (κ1) is 35.7. The minimum absolute atomic E-state index is 0.0439. The molecule has 2 saturated heterocycles. The molecule has 0 saturated carbocycles. The van der Waals surface area contributed by atoms with E-state index < -0.39 is 47.1 Å². The van der Waals surface area contributed by atoms with Crippen LogP contribution in [0.2, 0.25) is 0 Å². The van der Waals surface area contributed by atoms with E-state index in [1.807, 2.05) is 50.1 Å². The van der Waals surface area contributed by atoms with E-state index in [0.29, 0.717) is 59.1 Å². The number of carbonyl (C=O) groups excluding carboxylic acids is 2. The SMILES string of the molecule is COc1ccc2[nH]c3c(c2c1)CCNC31CS[C@H]2c3c(OC(C)=O)c(C)c4c(c3[C@@H](COC1=O)N1[C@H]2[C@@H]2c3c(cc(C)c(OC)c3O)C[C@@H]([C@H]1O)N2C)OCO4. The summed E-state index contributed by atoms with van der Waals surface area (Å²) in [4.78, 5) is 35.6. The van der Waals surface area contributed by atoms with Gasteiger partial charge >= 0.3 is 11.9 Å². The van der Waals surface area contributed by atoms with Gasteiger partial charge in [-0.3, -0.25) is 19.9 Å². The van der Waals surface area contributed by atoms with Gasteiger partial charge in [-0.2, -0.15) is 0 Å². The predicted molar refractivity (Wildman–Crippen MR) is 205 cm³/mol. The third-order valence-electron chi connectivity index (χ3n) is 12.9. The molecule has 11 rings (SSSR count). The van der Waals surface area contributed by atoms with E-state index in [9.17, 15) is 19.8 Å². The molecular formula is C41H44N4O10S. The summed E-state index contributed by atoms with van der Waals surface area (Å²) >= 11 is 1.53. The summed E-state index contributed by atoms with van der Waals surface area (Å²) in [6, 6.07) is 5.77. The van der Waals surface area contributed by atoms with Crippen LogP contribution in [0.4, 0.5) is 0 Å². The molecule has 4 N–H and O–H groups in total. The van der Waals surface area contributed by atoms with E-state index >= 15 is 0 Å². The topological polar surface area (TPSA) is 164 Å². The minimum Gasteiger partial charge on any atom is -0.504 e. The van der Waals surface area contributed by atoms with Crippen molar-refractivity contribution in [3.05, 3.63) is 68.9 Å². The standard InChI is InChI=1S/C41H44N4O10S/c1-17-11-20-12-25-39(48)45-26-14-52-40(49)41(38-22(9-10-42-41)23-13-21(50-5)7-8-24(23)43-38)15-56-37(31(45)30(44(25)4)27(20)32(47)33(17)51-6)29-28(26)36-35(53-16-54-36)18(2)34(29)55-19(3)46/h7-8,11,13,25-26,30-31,37,39,42-43,47-48H,9-10,12,14-16H2,1-6H3/t25-,26+,30-,31-,37-,39+,41?/m0/s1. The Morgan fingerprint density at radius 3 is 2.62 bits per heavy atom. The largest absolute Gasteiger partial charge is 0.504 e. The molecule has 294 valence electrons. The second kappa shape index (κ2) is 12.7. The number of aryl methyl sites for hydroxylation is 1. The van der Waals surface area contributed by atoms with Crippen LogP contribution in [-0.2, 0) is 32.7 Å². The number of likely N-dealkylation sites (N-methyl/N-ethyl adjacent to an activating group) is 1. The van der Waals surface area contributed by atoms with Gasteiger partial charge in [0.25, 0.3) is 0 Å². The number of aromatic nitrogens is 1. The van der Waals surface area contributed by atoms with Gasteiger partial charge in [-0.25, -0.2) is 4.79 Å². The molecule has 7 aliphatic heterocycles. The highest BCUT2D eigenvalue weighted by atomic mass is 32.2. The highest BCUT2D eigenvalue weighted by Crippen LogP contribution is 2.64. The molecular weight excluding hydrogens is 741 g/mol. The van der Waals surface area contributed by atoms with Gasteiger partial charge in [0.15, 0.2) is 28.5 Å². The number of nitrogens with one attached hydrogen (secondary N) is 2. The first-order valence-electron chi connectivity index (χ1n) is 18.9. The summed E-state index contributed by atoms with van der Waals surface area (Å²) in [5.74, 6) is 1.73. The number of fused-ring (bicyclic) bond motifs is 11. The second-order valence-corrected chi connectivity index (χ2v) is 16.8.